The summed E-state index contributed by atoms with van der Waals surface area (Å²) >= 11 is 0. The van der Waals surface area contributed by atoms with Gasteiger partial charge in [0, 0.05) is 27.6 Å². The third-order valence-electron chi connectivity index (χ3n) is 4.77. The van der Waals surface area contributed by atoms with Crippen LogP contribution in [0.2, 0.25) is 0 Å². The first-order valence-corrected chi connectivity index (χ1v) is 9.14. The zero-order valence-corrected chi connectivity index (χ0v) is 15.7. The Kier molecular flexibility index (Phi) is 4.60. The Morgan fingerprint density at radius 1 is 0.793 bits per heavy atom. The molecule has 3 N–H and O–H groups in total. The second kappa shape index (κ2) is 7.24. The topological polar surface area (TPSA) is 90.2 Å². The fourth-order valence-corrected chi connectivity index (χ4v) is 3.52. The van der Waals surface area contributed by atoms with Crippen molar-refractivity contribution in [2.75, 3.05) is 11.5 Å². The molecule has 4 rings (SSSR count). The Morgan fingerprint density at radius 3 is 2.03 bits per heavy atom. The number of hydrogen-bond acceptors (Lipinski definition) is 5. The van der Waals surface area contributed by atoms with E-state index in [9.17, 15) is 20.1 Å². The van der Waals surface area contributed by atoms with Crippen LogP contribution in [0.1, 0.15) is 6.92 Å². The maximum Gasteiger partial charge on any atom is 0.419 e. The molecule has 6 nitrogen and oxygen atoms in total. The van der Waals surface area contributed by atoms with Gasteiger partial charge in [-0.3, -0.25) is 0 Å². The van der Waals surface area contributed by atoms with Gasteiger partial charge in [0.25, 0.3) is 0 Å². The summed E-state index contributed by atoms with van der Waals surface area (Å²) in [5.74, 6) is -0.291. The van der Waals surface area contributed by atoms with Gasteiger partial charge in [0.2, 0.25) is 0 Å². The van der Waals surface area contributed by atoms with Gasteiger partial charge >= 0.3 is 6.09 Å². The van der Waals surface area contributed by atoms with Crippen molar-refractivity contribution in [3.63, 3.8) is 0 Å². The normalized spacial score (nSPS) is 10.9. The molecule has 4 aromatic carbocycles. The molecule has 0 aliphatic carbocycles. The van der Waals surface area contributed by atoms with Gasteiger partial charge in [-0.1, -0.05) is 48.5 Å². The molecule has 0 bridgehead atoms. The first-order valence-electron chi connectivity index (χ1n) is 9.14. The molecule has 0 saturated carbocycles. The van der Waals surface area contributed by atoms with Gasteiger partial charge in [0.15, 0.2) is 0 Å². The molecule has 0 aromatic heterocycles. The van der Waals surface area contributed by atoms with Gasteiger partial charge in [-0.05, 0) is 19.1 Å². The molecule has 0 aliphatic heterocycles. The number of aromatic hydroxyl groups is 3. The summed E-state index contributed by atoms with van der Waals surface area (Å²) in [5.41, 5.74) is 0.621. The maximum absolute atomic E-state index is 13.0. The monoisotopic (exact) mass is 389 g/mol. The molecule has 29 heavy (non-hydrogen) atoms. The molecule has 0 saturated heterocycles. The number of ether oxygens (including phenoxy) is 1. The molecule has 1 amide bonds. The first kappa shape index (κ1) is 18.4. The number of nitrogens with zero attached hydrogens (tertiary/aromatic N) is 1. The number of amides is 1. The highest BCUT2D eigenvalue weighted by Crippen LogP contribution is 2.46. The second-order valence-corrected chi connectivity index (χ2v) is 6.49. The van der Waals surface area contributed by atoms with E-state index in [1.54, 1.807) is 61.5 Å². The molecule has 0 radical (unpaired) electrons. The SMILES string of the molecule is CCOC(=O)N(c1ccc(O)c2ccccc12)c1c(O)cc(O)c2ccccc12. The van der Waals surface area contributed by atoms with E-state index >= 15 is 0 Å². The fraction of sp³-hybridized carbons (Fsp3) is 0.0870. The lowest BCUT2D eigenvalue weighted by Gasteiger charge is -2.26. The molecule has 0 fully saturated rings. The lowest BCUT2D eigenvalue weighted by molar-refractivity contribution is 0.162. The first-order chi connectivity index (χ1) is 14.0. The summed E-state index contributed by atoms with van der Waals surface area (Å²) in [6.07, 6.45) is -0.686. The quantitative estimate of drug-likeness (QED) is 0.436. The molecule has 0 aliphatic rings. The number of carbonyl (C=O) groups is 1. The van der Waals surface area contributed by atoms with Crippen LogP contribution in [-0.4, -0.2) is 28.0 Å². The minimum Gasteiger partial charge on any atom is -0.507 e. The smallest absolute Gasteiger partial charge is 0.419 e. The predicted molar refractivity (Wildman–Crippen MR) is 112 cm³/mol. The molecule has 4 aromatic rings. The van der Waals surface area contributed by atoms with E-state index < -0.39 is 6.09 Å². The molecule has 146 valence electrons. The minimum absolute atomic E-state index is 0.0768. The van der Waals surface area contributed by atoms with Crippen molar-refractivity contribution in [1.82, 2.24) is 0 Å². The minimum atomic E-state index is -0.686. The van der Waals surface area contributed by atoms with E-state index in [1.807, 2.05) is 0 Å². The number of anilines is 2. The summed E-state index contributed by atoms with van der Waals surface area (Å²) in [6, 6.07) is 18.3. The van der Waals surface area contributed by atoms with Crippen LogP contribution in [0.3, 0.4) is 0 Å². The Balaban J connectivity index is 2.08. The van der Waals surface area contributed by atoms with Crippen molar-refractivity contribution in [2.24, 2.45) is 0 Å². The van der Waals surface area contributed by atoms with Crippen LogP contribution in [0, 0.1) is 0 Å². The Bertz CT molecular complexity index is 1230. The van der Waals surface area contributed by atoms with Crippen LogP contribution in [0.4, 0.5) is 16.2 Å². The standard InChI is InChI=1S/C23H19NO5/c1-2-29-23(28)24(18-11-12-19(25)15-8-4-3-7-14(15)18)22-17-10-6-5-9-16(17)20(26)13-21(22)27/h3-13,25-27H,2H2,1H3. The Morgan fingerprint density at radius 2 is 1.38 bits per heavy atom. The van der Waals surface area contributed by atoms with E-state index in [0.717, 1.165) is 0 Å². The Labute approximate surface area is 166 Å². The summed E-state index contributed by atoms with van der Waals surface area (Å²) in [6.45, 7) is 1.84. The van der Waals surface area contributed by atoms with Crippen LogP contribution < -0.4 is 4.90 Å². The van der Waals surface area contributed by atoms with E-state index in [4.69, 9.17) is 4.74 Å². The summed E-state index contributed by atoms with van der Waals surface area (Å²) < 4.78 is 5.28. The highest BCUT2D eigenvalue weighted by molar-refractivity contribution is 6.14. The molecule has 0 atom stereocenters. The number of benzene rings is 4. The van der Waals surface area contributed by atoms with Crippen molar-refractivity contribution in [2.45, 2.75) is 6.92 Å². The zero-order valence-electron chi connectivity index (χ0n) is 15.7. The number of hydrogen-bond donors (Lipinski definition) is 3. The molecular weight excluding hydrogens is 370 g/mol. The highest BCUT2D eigenvalue weighted by atomic mass is 16.6. The van der Waals surface area contributed by atoms with Crippen molar-refractivity contribution in [3.8, 4) is 17.2 Å². The number of fused-ring (bicyclic) bond motifs is 2. The van der Waals surface area contributed by atoms with Crippen LogP contribution in [-0.2, 0) is 4.74 Å². The number of phenols is 3. The van der Waals surface area contributed by atoms with Gasteiger partial charge in [0.1, 0.15) is 22.9 Å². The lowest BCUT2D eigenvalue weighted by atomic mass is 10.0. The summed E-state index contributed by atoms with van der Waals surface area (Å²) in [5, 5.41) is 33.3. The predicted octanol–water partition coefficient (Wildman–Crippen LogP) is 5.40. The zero-order chi connectivity index (χ0) is 20.5. The molecular formula is C23H19NO5. The van der Waals surface area contributed by atoms with Crippen molar-refractivity contribution >= 4 is 39.0 Å². The van der Waals surface area contributed by atoms with Crippen LogP contribution in [0.5, 0.6) is 17.2 Å². The lowest BCUT2D eigenvalue weighted by Crippen LogP contribution is -2.27. The fourth-order valence-electron chi connectivity index (χ4n) is 3.52. The average molecular weight is 389 g/mol. The third-order valence-corrected chi connectivity index (χ3v) is 4.77. The van der Waals surface area contributed by atoms with E-state index in [2.05, 4.69) is 0 Å². The van der Waals surface area contributed by atoms with Crippen LogP contribution in [0.15, 0.2) is 66.7 Å². The second-order valence-electron chi connectivity index (χ2n) is 6.49. The third kappa shape index (κ3) is 3.04. The maximum atomic E-state index is 13.0. The van der Waals surface area contributed by atoms with E-state index in [-0.39, 0.29) is 29.5 Å². The van der Waals surface area contributed by atoms with E-state index in [1.165, 1.54) is 17.0 Å². The van der Waals surface area contributed by atoms with Crippen LogP contribution in [0.25, 0.3) is 21.5 Å². The molecule has 0 spiro atoms. The molecule has 6 heteroatoms. The van der Waals surface area contributed by atoms with Crippen molar-refractivity contribution in [3.05, 3.63) is 66.7 Å². The van der Waals surface area contributed by atoms with E-state index in [0.29, 0.717) is 27.2 Å². The summed E-state index contributed by atoms with van der Waals surface area (Å²) in [7, 11) is 0. The van der Waals surface area contributed by atoms with Gasteiger partial charge in [-0.2, -0.15) is 0 Å². The van der Waals surface area contributed by atoms with Gasteiger partial charge in [-0.25, -0.2) is 9.69 Å². The molecule has 0 heterocycles. The van der Waals surface area contributed by atoms with Gasteiger partial charge < -0.3 is 20.1 Å². The van der Waals surface area contributed by atoms with Crippen molar-refractivity contribution in [1.29, 1.82) is 0 Å². The van der Waals surface area contributed by atoms with Crippen molar-refractivity contribution < 1.29 is 24.9 Å². The number of rotatable bonds is 3. The molecule has 0 unspecified atom stereocenters. The Hall–Kier alpha value is -3.93. The number of carbonyl (C=O) groups excluding carboxylic acids is 1. The largest absolute Gasteiger partial charge is 0.507 e. The highest BCUT2D eigenvalue weighted by Gasteiger charge is 2.27. The number of phenolic OH excluding ortho intramolecular Hbond substituents is 3. The van der Waals surface area contributed by atoms with Crippen LogP contribution >= 0.6 is 0 Å². The average Bonchev–Trinajstić information content (AvgIpc) is 2.72. The van der Waals surface area contributed by atoms with Gasteiger partial charge in [-0.15, -0.1) is 0 Å². The van der Waals surface area contributed by atoms with Gasteiger partial charge in [0.05, 0.1) is 12.3 Å². The summed E-state index contributed by atoms with van der Waals surface area (Å²) in [4.78, 5) is 14.3.